The summed E-state index contributed by atoms with van der Waals surface area (Å²) in [6.07, 6.45) is 16.7. The van der Waals surface area contributed by atoms with Gasteiger partial charge in [0.2, 0.25) is 0 Å². The summed E-state index contributed by atoms with van der Waals surface area (Å²) in [4.78, 5) is 0. The van der Waals surface area contributed by atoms with Crippen molar-refractivity contribution in [3.8, 4) is 0 Å². The molecule has 0 amide bonds. The Hall–Kier alpha value is -0.300. The van der Waals surface area contributed by atoms with Crippen molar-refractivity contribution in [2.24, 2.45) is 5.92 Å². The fraction of sp³-hybridized carbons (Fsp3) is 0.867. The van der Waals surface area contributed by atoms with Gasteiger partial charge in [-0.05, 0) is 45.1 Å². The molecule has 1 N–H and O–H groups in total. The third-order valence-electron chi connectivity index (χ3n) is 4.42. The molecule has 1 fully saturated rings. The van der Waals surface area contributed by atoms with E-state index in [1.807, 2.05) is 0 Å². The van der Waals surface area contributed by atoms with Crippen molar-refractivity contribution in [3.05, 3.63) is 11.6 Å². The lowest BCUT2D eigenvalue weighted by Gasteiger charge is -2.31. The molecule has 1 atom stereocenters. The van der Waals surface area contributed by atoms with Crippen LogP contribution in [0.4, 0.5) is 0 Å². The third kappa shape index (κ3) is 3.35. The molecule has 2 aliphatic rings. The minimum absolute atomic E-state index is 0.684. The number of hydrogen-bond acceptors (Lipinski definition) is 1. The molecule has 2 rings (SSSR count). The van der Waals surface area contributed by atoms with Gasteiger partial charge in [-0.1, -0.05) is 43.8 Å². The molecule has 0 aromatic carbocycles. The number of likely N-dealkylation sites (N-methyl/N-ethyl adjacent to an activating group) is 1. The Bertz CT molecular complexity index is 228. The molecule has 0 radical (unpaired) electrons. The van der Waals surface area contributed by atoms with Crippen LogP contribution < -0.4 is 5.32 Å². The Kier molecular flexibility index (Phi) is 4.90. The van der Waals surface area contributed by atoms with Gasteiger partial charge >= 0.3 is 0 Å². The maximum absolute atomic E-state index is 3.55. The summed E-state index contributed by atoms with van der Waals surface area (Å²) in [5.41, 5.74) is 1.72. The molecule has 0 heterocycles. The van der Waals surface area contributed by atoms with Crippen molar-refractivity contribution in [2.45, 2.75) is 70.3 Å². The highest BCUT2D eigenvalue weighted by Crippen LogP contribution is 2.33. The van der Waals surface area contributed by atoms with Crippen LogP contribution in [-0.2, 0) is 0 Å². The van der Waals surface area contributed by atoms with E-state index in [0.717, 1.165) is 5.92 Å². The second-order valence-corrected chi connectivity index (χ2v) is 5.61. The summed E-state index contributed by atoms with van der Waals surface area (Å²) in [7, 11) is 2.14. The second kappa shape index (κ2) is 6.44. The first-order chi connectivity index (χ1) is 7.90. The zero-order valence-electron chi connectivity index (χ0n) is 10.8. The van der Waals surface area contributed by atoms with E-state index < -0.39 is 0 Å². The lowest BCUT2D eigenvalue weighted by atomic mass is 9.78. The molecule has 0 saturated heterocycles. The molecule has 1 nitrogen and oxygen atoms in total. The van der Waals surface area contributed by atoms with Gasteiger partial charge in [0.15, 0.2) is 0 Å². The van der Waals surface area contributed by atoms with Crippen LogP contribution in [0.2, 0.25) is 0 Å². The molecule has 92 valence electrons. The molecular weight excluding hydrogens is 194 g/mol. The maximum atomic E-state index is 3.55. The predicted octanol–water partition coefficient (Wildman–Crippen LogP) is 4.05. The topological polar surface area (TPSA) is 12.0 Å². The number of allylic oxidation sites excluding steroid dienone is 1. The average molecular weight is 221 g/mol. The summed E-state index contributed by atoms with van der Waals surface area (Å²) in [5, 5.41) is 3.55. The van der Waals surface area contributed by atoms with Crippen molar-refractivity contribution in [1.29, 1.82) is 0 Å². The molecule has 0 aromatic heterocycles. The average Bonchev–Trinajstić information content (AvgIpc) is 2.18. The summed E-state index contributed by atoms with van der Waals surface area (Å²) >= 11 is 0. The van der Waals surface area contributed by atoms with E-state index in [2.05, 4.69) is 18.4 Å². The van der Waals surface area contributed by atoms with Gasteiger partial charge in [0.05, 0.1) is 0 Å². The highest BCUT2D eigenvalue weighted by Gasteiger charge is 2.23. The molecule has 16 heavy (non-hydrogen) atoms. The first-order valence-corrected chi connectivity index (χ1v) is 7.26. The molecule has 0 aromatic rings. The quantitative estimate of drug-likeness (QED) is 0.706. The van der Waals surface area contributed by atoms with Crippen molar-refractivity contribution < 1.29 is 0 Å². The van der Waals surface area contributed by atoms with E-state index in [1.54, 1.807) is 5.57 Å². The van der Waals surface area contributed by atoms with Gasteiger partial charge in [0.1, 0.15) is 0 Å². The summed E-state index contributed by atoms with van der Waals surface area (Å²) < 4.78 is 0. The Morgan fingerprint density at radius 2 is 2.00 bits per heavy atom. The second-order valence-electron chi connectivity index (χ2n) is 5.61. The number of nitrogens with one attached hydrogen (secondary N) is 1. The van der Waals surface area contributed by atoms with E-state index in [4.69, 9.17) is 0 Å². The van der Waals surface area contributed by atoms with Crippen molar-refractivity contribution in [3.63, 3.8) is 0 Å². The standard InChI is InChI=1S/C15H27N/c1-16-15(12-13-8-7-9-13)14-10-5-3-2-4-6-11-14/h10,13,15-16H,2-9,11-12H2,1H3. The molecule has 2 aliphatic carbocycles. The highest BCUT2D eigenvalue weighted by molar-refractivity contribution is 5.12. The molecule has 1 unspecified atom stereocenters. The van der Waals surface area contributed by atoms with Crippen LogP contribution in [0.25, 0.3) is 0 Å². The van der Waals surface area contributed by atoms with Crippen molar-refractivity contribution in [2.75, 3.05) is 7.05 Å². The lowest BCUT2D eigenvalue weighted by molar-refractivity contribution is 0.273. The van der Waals surface area contributed by atoms with Crippen LogP contribution in [0, 0.1) is 5.92 Å². The smallest absolute Gasteiger partial charge is 0.0279 e. The summed E-state index contributed by atoms with van der Waals surface area (Å²) in [6, 6.07) is 0.684. The molecule has 1 saturated carbocycles. The Morgan fingerprint density at radius 3 is 2.69 bits per heavy atom. The maximum Gasteiger partial charge on any atom is 0.0279 e. The fourth-order valence-electron chi connectivity index (χ4n) is 3.05. The lowest BCUT2D eigenvalue weighted by Crippen LogP contribution is -2.32. The Morgan fingerprint density at radius 1 is 1.19 bits per heavy atom. The number of rotatable bonds is 4. The third-order valence-corrected chi connectivity index (χ3v) is 4.42. The predicted molar refractivity (Wildman–Crippen MR) is 70.6 cm³/mol. The van der Waals surface area contributed by atoms with Gasteiger partial charge in [-0.2, -0.15) is 0 Å². The monoisotopic (exact) mass is 221 g/mol. The molecule has 1 heteroatoms. The van der Waals surface area contributed by atoms with Gasteiger partial charge in [-0.3, -0.25) is 0 Å². The minimum Gasteiger partial charge on any atom is -0.313 e. The fourth-order valence-corrected chi connectivity index (χ4v) is 3.05. The van der Waals surface area contributed by atoms with Crippen LogP contribution >= 0.6 is 0 Å². The first-order valence-electron chi connectivity index (χ1n) is 7.26. The summed E-state index contributed by atoms with van der Waals surface area (Å²) in [5.74, 6) is 1.02. The molecule has 0 aliphatic heterocycles. The van der Waals surface area contributed by atoms with Gasteiger partial charge in [0.25, 0.3) is 0 Å². The van der Waals surface area contributed by atoms with Crippen molar-refractivity contribution in [1.82, 2.24) is 5.32 Å². The molecular formula is C15H27N. The van der Waals surface area contributed by atoms with E-state index in [-0.39, 0.29) is 0 Å². The van der Waals surface area contributed by atoms with Crippen LogP contribution in [0.1, 0.15) is 64.2 Å². The van der Waals surface area contributed by atoms with Gasteiger partial charge in [-0.15, -0.1) is 0 Å². The Labute approximate surface area is 101 Å². The van der Waals surface area contributed by atoms with Crippen molar-refractivity contribution >= 4 is 0 Å². The summed E-state index contributed by atoms with van der Waals surface area (Å²) in [6.45, 7) is 0. The normalized spacial score (nSPS) is 25.2. The van der Waals surface area contributed by atoms with E-state index in [9.17, 15) is 0 Å². The first kappa shape index (κ1) is 12.2. The van der Waals surface area contributed by atoms with Crippen LogP contribution in [0.5, 0.6) is 0 Å². The molecule has 0 bridgehead atoms. The zero-order valence-corrected chi connectivity index (χ0v) is 10.8. The van der Waals surface area contributed by atoms with Crippen LogP contribution in [-0.4, -0.2) is 13.1 Å². The number of hydrogen-bond donors (Lipinski definition) is 1. The van der Waals surface area contributed by atoms with Crippen LogP contribution in [0.3, 0.4) is 0 Å². The van der Waals surface area contributed by atoms with Gasteiger partial charge in [-0.25, -0.2) is 0 Å². The Balaban J connectivity index is 1.88. The van der Waals surface area contributed by atoms with Crippen LogP contribution in [0.15, 0.2) is 11.6 Å². The molecule has 0 spiro atoms. The van der Waals surface area contributed by atoms with E-state index in [0.29, 0.717) is 6.04 Å². The minimum atomic E-state index is 0.684. The largest absolute Gasteiger partial charge is 0.313 e. The highest BCUT2D eigenvalue weighted by atomic mass is 14.9. The van der Waals surface area contributed by atoms with Gasteiger partial charge < -0.3 is 5.32 Å². The van der Waals surface area contributed by atoms with Gasteiger partial charge in [0, 0.05) is 6.04 Å². The van der Waals surface area contributed by atoms with E-state index in [1.165, 1.54) is 64.2 Å². The van der Waals surface area contributed by atoms with E-state index >= 15 is 0 Å². The SMILES string of the molecule is CNC(CC1CCC1)C1=CCCCCCC1. The zero-order chi connectivity index (χ0) is 11.2.